The van der Waals surface area contributed by atoms with E-state index in [1.54, 1.807) is 4.90 Å². The zero-order valence-corrected chi connectivity index (χ0v) is 17.8. The average Bonchev–Trinajstić information content (AvgIpc) is 2.56. The number of aliphatic imine (C=N–C) groups is 1. The fraction of sp³-hybridized carbons (Fsp3) is 0.588. The molecule has 2 heterocycles. The number of carbonyl (C=O) groups excluding carboxylic acids is 1. The van der Waals surface area contributed by atoms with E-state index in [1.807, 2.05) is 51.2 Å². The van der Waals surface area contributed by atoms with Crippen molar-refractivity contribution in [2.45, 2.75) is 32.4 Å². The SMILES string of the molecule is CCNC(=NCc1cccc(N(C)C)n1)NC1CCC(=O)N(C)C1.I. The molecule has 1 amide bonds. The van der Waals surface area contributed by atoms with Gasteiger partial charge in [-0.15, -0.1) is 24.0 Å². The number of likely N-dealkylation sites (tertiary alicyclic amines) is 1. The van der Waals surface area contributed by atoms with Crippen molar-refractivity contribution >= 4 is 41.7 Å². The van der Waals surface area contributed by atoms with E-state index in [0.29, 0.717) is 19.5 Å². The highest BCUT2D eigenvalue weighted by atomic mass is 127. The van der Waals surface area contributed by atoms with Crippen molar-refractivity contribution in [3.05, 3.63) is 23.9 Å². The Morgan fingerprint density at radius 1 is 1.44 bits per heavy atom. The molecule has 7 nitrogen and oxygen atoms in total. The minimum atomic E-state index is 0. The second-order valence-electron chi connectivity index (χ2n) is 6.23. The number of piperidine rings is 1. The van der Waals surface area contributed by atoms with Crippen LogP contribution in [0.5, 0.6) is 0 Å². The van der Waals surface area contributed by atoms with E-state index >= 15 is 0 Å². The molecular formula is C17H29IN6O. The zero-order valence-electron chi connectivity index (χ0n) is 15.5. The van der Waals surface area contributed by atoms with Gasteiger partial charge in [-0.2, -0.15) is 0 Å². The van der Waals surface area contributed by atoms with Crippen molar-refractivity contribution in [3.8, 4) is 0 Å². The molecule has 1 aromatic heterocycles. The van der Waals surface area contributed by atoms with Crippen LogP contribution in [0.3, 0.4) is 0 Å². The van der Waals surface area contributed by atoms with E-state index in [-0.39, 0.29) is 35.9 Å². The summed E-state index contributed by atoms with van der Waals surface area (Å²) in [7, 11) is 5.79. The lowest BCUT2D eigenvalue weighted by Gasteiger charge is -2.31. The predicted molar refractivity (Wildman–Crippen MR) is 113 cm³/mol. The van der Waals surface area contributed by atoms with Gasteiger partial charge in [0.25, 0.3) is 0 Å². The number of nitrogens with one attached hydrogen (secondary N) is 2. The molecule has 140 valence electrons. The summed E-state index contributed by atoms with van der Waals surface area (Å²) in [6.45, 7) is 4.05. The highest BCUT2D eigenvalue weighted by Crippen LogP contribution is 2.10. The van der Waals surface area contributed by atoms with E-state index in [2.05, 4.69) is 20.6 Å². The number of anilines is 1. The molecule has 0 aromatic carbocycles. The van der Waals surface area contributed by atoms with Crippen molar-refractivity contribution in [3.63, 3.8) is 0 Å². The first kappa shape index (κ1) is 21.5. The quantitative estimate of drug-likeness (QED) is 0.396. The summed E-state index contributed by atoms with van der Waals surface area (Å²) in [5.74, 6) is 1.90. The van der Waals surface area contributed by atoms with Crippen LogP contribution in [0.1, 0.15) is 25.5 Å². The van der Waals surface area contributed by atoms with Gasteiger partial charge >= 0.3 is 0 Å². The largest absolute Gasteiger partial charge is 0.363 e. The molecule has 2 N–H and O–H groups in total. The summed E-state index contributed by atoms with van der Waals surface area (Å²) in [5, 5.41) is 6.68. The number of guanidine groups is 1. The third kappa shape index (κ3) is 6.68. The Hall–Kier alpha value is -1.58. The Balaban J connectivity index is 0.00000312. The van der Waals surface area contributed by atoms with E-state index in [1.165, 1.54) is 0 Å². The molecule has 0 radical (unpaired) electrons. The average molecular weight is 460 g/mol. The number of aromatic nitrogens is 1. The lowest BCUT2D eigenvalue weighted by molar-refractivity contribution is -0.132. The van der Waals surface area contributed by atoms with E-state index in [4.69, 9.17) is 0 Å². The molecule has 1 aromatic rings. The number of likely N-dealkylation sites (N-methyl/N-ethyl adjacent to an activating group) is 1. The van der Waals surface area contributed by atoms with E-state index in [9.17, 15) is 4.79 Å². The van der Waals surface area contributed by atoms with Gasteiger partial charge in [0.15, 0.2) is 5.96 Å². The molecule has 1 aliphatic rings. The molecule has 1 aliphatic heterocycles. The highest BCUT2D eigenvalue weighted by Gasteiger charge is 2.23. The predicted octanol–water partition coefficient (Wildman–Crippen LogP) is 1.44. The first-order valence-electron chi connectivity index (χ1n) is 8.41. The Morgan fingerprint density at radius 2 is 2.20 bits per heavy atom. The van der Waals surface area contributed by atoms with E-state index in [0.717, 1.165) is 30.4 Å². The molecule has 1 atom stereocenters. The minimum absolute atomic E-state index is 0. The van der Waals surface area contributed by atoms with Gasteiger partial charge in [-0.3, -0.25) is 4.79 Å². The molecular weight excluding hydrogens is 431 g/mol. The Kier molecular flexibility index (Phi) is 8.95. The fourth-order valence-corrected chi connectivity index (χ4v) is 2.61. The Labute approximate surface area is 167 Å². The van der Waals surface area contributed by atoms with Crippen LogP contribution in [0.25, 0.3) is 0 Å². The number of hydrogen-bond donors (Lipinski definition) is 2. The van der Waals surface area contributed by atoms with Gasteiger partial charge in [0, 0.05) is 46.7 Å². The van der Waals surface area contributed by atoms with Crippen LogP contribution in [-0.4, -0.2) is 62.0 Å². The van der Waals surface area contributed by atoms with Gasteiger partial charge in [-0.1, -0.05) is 6.07 Å². The first-order valence-corrected chi connectivity index (χ1v) is 8.41. The Bertz CT molecular complexity index is 592. The van der Waals surface area contributed by atoms with Gasteiger partial charge < -0.3 is 20.4 Å². The first-order chi connectivity index (χ1) is 11.5. The topological polar surface area (TPSA) is 72.9 Å². The van der Waals surface area contributed by atoms with Gasteiger partial charge in [-0.25, -0.2) is 9.98 Å². The summed E-state index contributed by atoms with van der Waals surface area (Å²) >= 11 is 0. The number of carbonyl (C=O) groups is 1. The second-order valence-corrected chi connectivity index (χ2v) is 6.23. The van der Waals surface area contributed by atoms with Crippen LogP contribution in [-0.2, 0) is 11.3 Å². The second kappa shape index (κ2) is 10.4. The molecule has 1 fully saturated rings. The van der Waals surface area contributed by atoms with Crippen LogP contribution in [0.4, 0.5) is 5.82 Å². The molecule has 25 heavy (non-hydrogen) atoms. The number of amides is 1. The third-order valence-electron chi connectivity index (χ3n) is 3.96. The van der Waals surface area contributed by atoms with Crippen LogP contribution in [0, 0.1) is 0 Å². The number of halogens is 1. The smallest absolute Gasteiger partial charge is 0.222 e. The monoisotopic (exact) mass is 460 g/mol. The summed E-state index contributed by atoms with van der Waals surface area (Å²) in [6.07, 6.45) is 1.42. The standard InChI is InChI=1S/C17H28N6O.HI/c1-5-18-17(21-14-9-10-16(24)23(4)12-14)19-11-13-7-6-8-15(20-13)22(2)3;/h6-8,14H,5,9-12H2,1-4H3,(H2,18,19,21);1H. The van der Waals surface area contributed by atoms with Gasteiger partial charge in [-0.05, 0) is 25.5 Å². The van der Waals surface area contributed by atoms with E-state index < -0.39 is 0 Å². The van der Waals surface area contributed by atoms with Crippen molar-refractivity contribution in [1.82, 2.24) is 20.5 Å². The summed E-state index contributed by atoms with van der Waals surface area (Å²) in [5.41, 5.74) is 0.925. The maximum Gasteiger partial charge on any atom is 0.222 e. The zero-order chi connectivity index (χ0) is 17.5. The molecule has 0 bridgehead atoms. The molecule has 1 unspecified atom stereocenters. The minimum Gasteiger partial charge on any atom is -0.363 e. The molecule has 1 saturated heterocycles. The van der Waals surface area contributed by atoms with Crippen molar-refractivity contribution < 1.29 is 4.79 Å². The maximum absolute atomic E-state index is 11.6. The number of pyridine rings is 1. The highest BCUT2D eigenvalue weighted by molar-refractivity contribution is 14.0. The lowest BCUT2D eigenvalue weighted by atomic mass is 10.1. The number of nitrogens with zero attached hydrogens (tertiary/aromatic N) is 4. The number of rotatable bonds is 5. The fourth-order valence-electron chi connectivity index (χ4n) is 2.61. The Morgan fingerprint density at radius 3 is 2.84 bits per heavy atom. The maximum atomic E-state index is 11.6. The van der Waals surface area contributed by atoms with Crippen LogP contribution < -0.4 is 15.5 Å². The van der Waals surface area contributed by atoms with Crippen LogP contribution >= 0.6 is 24.0 Å². The molecule has 2 rings (SSSR count). The van der Waals surface area contributed by atoms with Gasteiger partial charge in [0.1, 0.15) is 5.82 Å². The van der Waals surface area contributed by atoms with Gasteiger partial charge in [0.05, 0.1) is 12.2 Å². The summed E-state index contributed by atoms with van der Waals surface area (Å²) < 4.78 is 0. The molecule has 0 spiro atoms. The lowest BCUT2D eigenvalue weighted by Crippen LogP contribution is -2.51. The molecule has 8 heteroatoms. The van der Waals surface area contributed by atoms with Gasteiger partial charge in [0.2, 0.25) is 5.91 Å². The van der Waals surface area contributed by atoms with Crippen molar-refractivity contribution in [2.75, 3.05) is 39.1 Å². The van der Waals surface area contributed by atoms with Crippen molar-refractivity contribution in [2.24, 2.45) is 4.99 Å². The number of hydrogen-bond acceptors (Lipinski definition) is 4. The molecule has 0 saturated carbocycles. The summed E-state index contributed by atoms with van der Waals surface area (Å²) in [6, 6.07) is 6.18. The normalized spacial score (nSPS) is 17.8. The molecule has 0 aliphatic carbocycles. The van der Waals surface area contributed by atoms with Crippen LogP contribution in [0.2, 0.25) is 0 Å². The third-order valence-corrected chi connectivity index (χ3v) is 3.96. The van der Waals surface area contributed by atoms with Crippen LogP contribution in [0.15, 0.2) is 23.2 Å². The summed E-state index contributed by atoms with van der Waals surface area (Å²) in [4.78, 5) is 24.6. The van der Waals surface area contributed by atoms with Crippen molar-refractivity contribution in [1.29, 1.82) is 0 Å².